The van der Waals surface area contributed by atoms with Crippen molar-refractivity contribution in [3.63, 3.8) is 0 Å². The quantitative estimate of drug-likeness (QED) is 0.678. The SMILES string of the molecule is CC(=O)Nc1ccc(OCC(=O)N2CCC(c3cc4ncccc4[nH]3)CC2)cc1C. The summed E-state index contributed by atoms with van der Waals surface area (Å²) in [6.45, 7) is 4.82. The van der Waals surface area contributed by atoms with Crippen molar-refractivity contribution in [2.45, 2.75) is 32.6 Å². The maximum absolute atomic E-state index is 12.6. The summed E-state index contributed by atoms with van der Waals surface area (Å²) in [6.07, 6.45) is 3.64. The molecule has 7 nitrogen and oxygen atoms in total. The zero-order chi connectivity index (χ0) is 21.1. The minimum absolute atomic E-state index is 0.00430. The number of carbonyl (C=O) groups excluding carboxylic acids is 2. The fraction of sp³-hybridized carbons (Fsp3) is 0.348. The van der Waals surface area contributed by atoms with E-state index in [2.05, 4.69) is 21.4 Å². The Morgan fingerprint density at radius 2 is 2.03 bits per heavy atom. The molecule has 2 N–H and O–H groups in total. The maximum Gasteiger partial charge on any atom is 0.260 e. The molecule has 1 aliphatic rings. The maximum atomic E-state index is 12.6. The molecule has 0 saturated carbocycles. The van der Waals surface area contributed by atoms with E-state index >= 15 is 0 Å². The van der Waals surface area contributed by atoms with Crippen molar-refractivity contribution in [1.29, 1.82) is 0 Å². The van der Waals surface area contributed by atoms with Gasteiger partial charge in [0.05, 0.1) is 11.0 Å². The first-order valence-corrected chi connectivity index (χ1v) is 10.2. The van der Waals surface area contributed by atoms with Gasteiger partial charge in [-0.3, -0.25) is 14.6 Å². The third-order valence-corrected chi connectivity index (χ3v) is 5.57. The van der Waals surface area contributed by atoms with Crippen LogP contribution in [0.1, 0.15) is 36.9 Å². The molecule has 3 aromatic rings. The van der Waals surface area contributed by atoms with Crippen molar-refractivity contribution < 1.29 is 14.3 Å². The van der Waals surface area contributed by atoms with Gasteiger partial charge in [-0.15, -0.1) is 0 Å². The van der Waals surface area contributed by atoms with E-state index < -0.39 is 0 Å². The zero-order valence-electron chi connectivity index (χ0n) is 17.3. The second kappa shape index (κ2) is 8.57. The first-order chi connectivity index (χ1) is 14.5. The molecule has 0 bridgehead atoms. The van der Waals surface area contributed by atoms with Gasteiger partial charge in [0.1, 0.15) is 5.75 Å². The highest BCUT2D eigenvalue weighted by atomic mass is 16.5. The predicted octanol–water partition coefficient (Wildman–Crippen LogP) is 3.61. The van der Waals surface area contributed by atoms with E-state index in [9.17, 15) is 9.59 Å². The summed E-state index contributed by atoms with van der Waals surface area (Å²) >= 11 is 0. The zero-order valence-corrected chi connectivity index (χ0v) is 17.3. The van der Waals surface area contributed by atoms with Crippen molar-refractivity contribution in [1.82, 2.24) is 14.9 Å². The molecule has 0 aliphatic carbocycles. The van der Waals surface area contributed by atoms with Crippen LogP contribution in [0.2, 0.25) is 0 Å². The van der Waals surface area contributed by atoms with Crippen molar-refractivity contribution >= 4 is 28.5 Å². The fourth-order valence-electron chi connectivity index (χ4n) is 3.93. The van der Waals surface area contributed by atoms with Crippen LogP contribution in [0.3, 0.4) is 0 Å². The molecule has 1 aromatic carbocycles. The molecule has 4 rings (SSSR count). The number of hydrogen-bond acceptors (Lipinski definition) is 4. The number of benzene rings is 1. The van der Waals surface area contributed by atoms with E-state index in [4.69, 9.17) is 4.74 Å². The van der Waals surface area contributed by atoms with Crippen molar-refractivity contribution in [3.05, 3.63) is 53.9 Å². The molecule has 0 radical (unpaired) electrons. The first kappa shape index (κ1) is 19.9. The largest absolute Gasteiger partial charge is 0.484 e. The summed E-state index contributed by atoms with van der Waals surface area (Å²) in [4.78, 5) is 33.5. The molecule has 3 heterocycles. The number of hydrogen-bond donors (Lipinski definition) is 2. The minimum Gasteiger partial charge on any atom is -0.484 e. The Morgan fingerprint density at radius 3 is 2.73 bits per heavy atom. The van der Waals surface area contributed by atoms with Crippen LogP contribution in [0, 0.1) is 6.92 Å². The number of amides is 2. The summed E-state index contributed by atoms with van der Waals surface area (Å²) < 4.78 is 5.69. The number of H-pyrrole nitrogens is 1. The Balaban J connectivity index is 1.29. The number of anilines is 1. The number of nitrogens with zero attached hydrogens (tertiary/aromatic N) is 2. The second-order valence-corrected chi connectivity index (χ2v) is 7.76. The van der Waals surface area contributed by atoms with Crippen LogP contribution < -0.4 is 10.1 Å². The number of piperidine rings is 1. The van der Waals surface area contributed by atoms with Gasteiger partial charge in [0.2, 0.25) is 5.91 Å². The van der Waals surface area contributed by atoms with Crippen LogP contribution in [0.15, 0.2) is 42.6 Å². The minimum atomic E-state index is -0.117. The lowest BCUT2D eigenvalue weighted by atomic mass is 9.93. The first-order valence-electron chi connectivity index (χ1n) is 10.2. The molecule has 0 unspecified atom stereocenters. The summed E-state index contributed by atoms with van der Waals surface area (Å²) in [7, 11) is 0. The number of aromatic amines is 1. The number of pyridine rings is 1. The van der Waals surface area contributed by atoms with Crippen LogP contribution in [0.25, 0.3) is 11.0 Å². The number of rotatable bonds is 5. The Morgan fingerprint density at radius 1 is 1.23 bits per heavy atom. The van der Waals surface area contributed by atoms with Crippen molar-refractivity contribution in [2.75, 3.05) is 25.0 Å². The van der Waals surface area contributed by atoms with E-state index in [0.29, 0.717) is 11.7 Å². The number of carbonyl (C=O) groups is 2. The molecular weight excluding hydrogens is 380 g/mol. The lowest BCUT2D eigenvalue weighted by molar-refractivity contribution is -0.134. The monoisotopic (exact) mass is 406 g/mol. The number of aryl methyl sites for hydroxylation is 1. The average molecular weight is 406 g/mol. The second-order valence-electron chi connectivity index (χ2n) is 7.76. The Hall–Kier alpha value is -3.35. The normalized spacial score (nSPS) is 14.7. The summed E-state index contributed by atoms with van der Waals surface area (Å²) in [6, 6.07) is 11.5. The number of nitrogens with one attached hydrogen (secondary N) is 2. The van der Waals surface area contributed by atoms with Crippen LogP contribution in [-0.2, 0) is 9.59 Å². The van der Waals surface area contributed by atoms with Gasteiger partial charge < -0.3 is 19.9 Å². The predicted molar refractivity (Wildman–Crippen MR) is 116 cm³/mol. The third kappa shape index (κ3) is 4.45. The lowest BCUT2D eigenvalue weighted by Gasteiger charge is -2.31. The third-order valence-electron chi connectivity index (χ3n) is 5.57. The van der Waals surface area contributed by atoms with Gasteiger partial charge in [0.15, 0.2) is 6.61 Å². The molecule has 1 aliphatic heterocycles. The van der Waals surface area contributed by atoms with E-state index in [-0.39, 0.29) is 18.4 Å². The van der Waals surface area contributed by atoms with E-state index in [1.165, 1.54) is 12.6 Å². The molecular formula is C23H26N4O3. The van der Waals surface area contributed by atoms with Crippen LogP contribution in [0.4, 0.5) is 5.69 Å². The molecule has 1 saturated heterocycles. The van der Waals surface area contributed by atoms with Crippen LogP contribution >= 0.6 is 0 Å². The molecule has 156 valence electrons. The smallest absolute Gasteiger partial charge is 0.260 e. The van der Waals surface area contributed by atoms with E-state index in [1.54, 1.807) is 18.3 Å². The van der Waals surface area contributed by atoms with Gasteiger partial charge in [-0.25, -0.2) is 0 Å². The van der Waals surface area contributed by atoms with Gasteiger partial charge in [0.25, 0.3) is 5.91 Å². The van der Waals surface area contributed by atoms with Gasteiger partial charge in [0, 0.05) is 43.5 Å². The molecule has 0 atom stereocenters. The highest BCUT2D eigenvalue weighted by Gasteiger charge is 2.25. The number of fused-ring (bicyclic) bond motifs is 1. The summed E-state index contributed by atoms with van der Waals surface area (Å²) in [5, 5.41) is 2.77. The van der Waals surface area contributed by atoms with Gasteiger partial charge >= 0.3 is 0 Å². The molecule has 0 spiro atoms. The molecule has 1 fully saturated rings. The van der Waals surface area contributed by atoms with E-state index in [1.807, 2.05) is 30.0 Å². The highest BCUT2D eigenvalue weighted by molar-refractivity contribution is 5.89. The van der Waals surface area contributed by atoms with Crippen LogP contribution in [0.5, 0.6) is 5.75 Å². The molecule has 2 aromatic heterocycles. The number of aromatic nitrogens is 2. The Bertz CT molecular complexity index is 1030. The van der Waals surface area contributed by atoms with E-state index in [0.717, 1.165) is 48.2 Å². The number of ether oxygens (including phenoxy) is 1. The van der Waals surface area contributed by atoms with Gasteiger partial charge in [-0.2, -0.15) is 0 Å². The fourth-order valence-corrected chi connectivity index (χ4v) is 3.93. The van der Waals surface area contributed by atoms with Crippen molar-refractivity contribution in [3.8, 4) is 5.75 Å². The number of likely N-dealkylation sites (tertiary alicyclic amines) is 1. The Labute approximate surface area is 175 Å². The van der Waals surface area contributed by atoms with Crippen molar-refractivity contribution in [2.24, 2.45) is 0 Å². The standard InChI is InChI=1S/C23H26N4O3/c1-15-12-18(5-6-19(15)25-16(2)28)30-14-23(29)27-10-7-17(8-11-27)21-13-22-20(26-21)4-3-9-24-22/h3-6,9,12-13,17,26H,7-8,10-11,14H2,1-2H3,(H,25,28). The average Bonchev–Trinajstić information content (AvgIpc) is 3.18. The highest BCUT2D eigenvalue weighted by Crippen LogP contribution is 2.29. The summed E-state index contributed by atoms with van der Waals surface area (Å²) in [5.74, 6) is 0.910. The van der Waals surface area contributed by atoms with Gasteiger partial charge in [-0.1, -0.05) is 0 Å². The van der Waals surface area contributed by atoms with Gasteiger partial charge in [-0.05, 0) is 61.7 Å². The lowest BCUT2D eigenvalue weighted by Crippen LogP contribution is -2.40. The molecule has 30 heavy (non-hydrogen) atoms. The van der Waals surface area contributed by atoms with Crippen LogP contribution in [-0.4, -0.2) is 46.4 Å². The summed E-state index contributed by atoms with van der Waals surface area (Å²) in [5.41, 5.74) is 4.87. The molecule has 2 amide bonds. The molecule has 7 heteroatoms. The Kier molecular flexibility index (Phi) is 5.70. The topological polar surface area (TPSA) is 87.3 Å².